The van der Waals surface area contributed by atoms with Crippen molar-refractivity contribution in [2.45, 2.75) is 6.10 Å². The van der Waals surface area contributed by atoms with E-state index in [2.05, 4.69) is 12.2 Å². The molecule has 0 N–H and O–H groups in total. The summed E-state index contributed by atoms with van der Waals surface area (Å²) in [7, 11) is 0. The first-order valence-electron chi connectivity index (χ1n) is 1.50. The lowest BCUT2D eigenvalue weighted by Crippen LogP contribution is -1.76. The van der Waals surface area contributed by atoms with Crippen molar-refractivity contribution in [1.82, 2.24) is 0 Å². The second kappa shape index (κ2) is 1.03. The van der Waals surface area contributed by atoms with E-state index in [4.69, 9.17) is 4.74 Å². The normalized spacial score (nSPS) is 33.2. The minimum Gasteiger partial charge on any atom is -0.368 e. The molecule has 0 aromatic rings. The molecule has 1 saturated heterocycles. The van der Waals surface area contributed by atoms with Gasteiger partial charge in [0.2, 0.25) is 0 Å². The second-order valence-electron chi connectivity index (χ2n) is 1.01. The van der Waals surface area contributed by atoms with Gasteiger partial charge in [-0.1, -0.05) is 12.2 Å². The van der Waals surface area contributed by atoms with Gasteiger partial charge in [-0.2, -0.15) is 0 Å². The number of ether oxygens (including phenoxy) is 1. The van der Waals surface area contributed by atoms with Crippen molar-refractivity contribution in [2.24, 2.45) is 0 Å². The maximum atomic E-state index is 4.70. The Kier molecular flexibility index (Phi) is 0.669. The van der Waals surface area contributed by atoms with Crippen molar-refractivity contribution in [3.05, 3.63) is 0 Å². The van der Waals surface area contributed by atoms with Crippen molar-refractivity contribution in [2.75, 3.05) is 6.61 Å². The van der Waals surface area contributed by atoms with Crippen LogP contribution in [0.2, 0.25) is 0 Å². The summed E-state index contributed by atoms with van der Waals surface area (Å²) in [6.07, 6.45) is 0.324. The van der Waals surface area contributed by atoms with Crippen molar-refractivity contribution >= 4 is 17.6 Å². The van der Waals surface area contributed by atoms with Gasteiger partial charge >= 0.3 is 0 Å². The van der Waals surface area contributed by atoms with Gasteiger partial charge in [-0.25, -0.2) is 0 Å². The van der Waals surface area contributed by atoms with E-state index in [1.807, 2.05) is 0 Å². The highest BCUT2D eigenvalue weighted by atomic mass is 32.1. The Hall–Kier alpha value is 0.0500. The summed E-state index contributed by atoms with van der Waals surface area (Å²) >= 11 is 4.49. The highest BCUT2D eigenvalue weighted by Crippen LogP contribution is 2.03. The molecule has 5 heavy (non-hydrogen) atoms. The molecule has 1 aliphatic heterocycles. The quantitative estimate of drug-likeness (QED) is 0.339. The van der Waals surface area contributed by atoms with Crippen molar-refractivity contribution in [3.63, 3.8) is 0 Å². The van der Waals surface area contributed by atoms with E-state index in [1.54, 1.807) is 5.37 Å². The average Bonchev–Trinajstić information content (AvgIpc) is 2.12. The highest BCUT2D eigenvalue weighted by Gasteiger charge is 2.17. The summed E-state index contributed by atoms with van der Waals surface area (Å²) in [4.78, 5) is 0. The number of epoxide rings is 1. The highest BCUT2D eigenvalue weighted by molar-refractivity contribution is 7.79. The Morgan fingerprint density at radius 3 is 2.60 bits per heavy atom. The van der Waals surface area contributed by atoms with Crippen molar-refractivity contribution in [1.29, 1.82) is 0 Å². The SMILES string of the molecule is S=CC1CO1. The third-order valence-corrected chi connectivity index (χ3v) is 0.814. The lowest BCUT2D eigenvalue weighted by atomic mass is 10.6. The minimum absolute atomic E-state index is 0.324. The predicted octanol–water partition coefficient (Wildman–Crippen LogP) is 0.385. The number of thiocarbonyl (C=S) groups is 1. The summed E-state index contributed by atoms with van der Waals surface area (Å²) in [6, 6.07) is 0. The van der Waals surface area contributed by atoms with Gasteiger partial charge in [0.25, 0.3) is 0 Å². The molecule has 0 spiro atoms. The Bertz CT molecular complexity index is 48.9. The smallest absolute Gasteiger partial charge is 0.109 e. The zero-order valence-corrected chi connectivity index (χ0v) is 3.49. The van der Waals surface area contributed by atoms with E-state index in [0.717, 1.165) is 6.61 Å². The Balaban J connectivity index is 2.21. The average molecular weight is 88.1 g/mol. The topological polar surface area (TPSA) is 12.5 Å². The zero-order valence-electron chi connectivity index (χ0n) is 2.68. The maximum absolute atomic E-state index is 4.70. The van der Waals surface area contributed by atoms with Crippen LogP contribution in [0.25, 0.3) is 0 Å². The van der Waals surface area contributed by atoms with Gasteiger partial charge in [0, 0.05) is 5.37 Å². The van der Waals surface area contributed by atoms with E-state index in [9.17, 15) is 0 Å². The molecule has 0 amide bonds. The number of hydrogen-bond donors (Lipinski definition) is 0. The predicted molar refractivity (Wildman–Crippen MR) is 23.4 cm³/mol. The van der Waals surface area contributed by atoms with Crippen LogP contribution >= 0.6 is 12.2 Å². The Morgan fingerprint density at radius 1 is 2.00 bits per heavy atom. The van der Waals surface area contributed by atoms with E-state index in [0.29, 0.717) is 6.10 Å². The van der Waals surface area contributed by atoms with Crippen LogP contribution in [0.15, 0.2) is 0 Å². The van der Waals surface area contributed by atoms with Gasteiger partial charge in [-0.3, -0.25) is 0 Å². The molecule has 0 aromatic carbocycles. The molecule has 0 aromatic heterocycles. The molecule has 28 valence electrons. The van der Waals surface area contributed by atoms with Gasteiger partial charge in [0.15, 0.2) is 0 Å². The fourth-order valence-electron chi connectivity index (χ4n) is 0.134. The van der Waals surface area contributed by atoms with Crippen LogP contribution in [-0.2, 0) is 4.74 Å². The third-order valence-electron chi connectivity index (χ3n) is 0.511. The van der Waals surface area contributed by atoms with Crippen LogP contribution < -0.4 is 0 Å². The van der Waals surface area contributed by atoms with E-state index in [1.165, 1.54) is 0 Å². The monoisotopic (exact) mass is 88.0 g/mol. The van der Waals surface area contributed by atoms with Crippen LogP contribution in [0, 0.1) is 0 Å². The van der Waals surface area contributed by atoms with Crippen LogP contribution in [-0.4, -0.2) is 18.1 Å². The molecule has 2 heteroatoms. The molecule has 0 radical (unpaired) electrons. The van der Waals surface area contributed by atoms with E-state index in [-0.39, 0.29) is 0 Å². The van der Waals surface area contributed by atoms with Gasteiger partial charge < -0.3 is 4.74 Å². The number of rotatable bonds is 1. The summed E-state index contributed by atoms with van der Waals surface area (Å²) in [5.74, 6) is 0. The lowest BCUT2D eigenvalue weighted by Gasteiger charge is -1.57. The summed E-state index contributed by atoms with van der Waals surface area (Å²) in [5.41, 5.74) is 0. The maximum Gasteiger partial charge on any atom is 0.109 e. The van der Waals surface area contributed by atoms with Crippen molar-refractivity contribution in [3.8, 4) is 0 Å². The Morgan fingerprint density at radius 2 is 2.60 bits per heavy atom. The fourth-order valence-corrected chi connectivity index (χ4v) is 0.291. The first kappa shape index (κ1) is 3.25. The Labute approximate surface area is 35.9 Å². The molecule has 0 saturated carbocycles. The second-order valence-corrected chi connectivity index (χ2v) is 1.28. The molecular weight excluding hydrogens is 84.1 g/mol. The molecule has 0 aliphatic carbocycles. The van der Waals surface area contributed by atoms with E-state index < -0.39 is 0 Å². The third kappa shape index (κ3) is 0.667. The molecule has 1 nitrogen and oxygen atoms in total. The van der Waals surface area contributed by atoms with Crippen LogP contribution in [0.1, 0.15) is 0 Å². The summed E-state index contributed by atoms with van der Waals surface area (Å²) in [5, 5.41) is 1.64. The zero-order chi connectivity index (χ0) is 3.70. The van der Waals surface area contributed by atoms with Crippen LogP contribution in [0.4, 0.5) is 0 Å². The summed E-state index contributed by atoms with van der Waals surface area (Å²) < 4.78 is 4.70. The number of hydrogen-bond acceptors (Lipinski definition) is 2. The molecule has 1 aliphatic rings. The molecular formula is C3H4OS. The molecule has 1 rings (SSSR count). The van der Waals surface area contributed by atoms with E-state index >= 15 is 0 Å². The molecule has 1 fully saturated rings. The van der Waals surface area contributed by atoms with Crippen molar-refractivity contribution < 1.29 is 4.74 Å². The van der Waals surface area contributed by atoms with Crippen LogP contribution in [0.5, 0.6) is 0 Å². The van der Waals surface area contributed by atoms with Gasteiger partial charge in [0.05, 0.1) is 6.61 Å². The van der Waals surface area contributed by atoms with Gasteiger partial charge in [-0.05, 0) is 0 Å². The van der Waals surface area contributed by atoms with Gasteiger partial charge in [-0.15, -0.1) is 0 Å². The first-order valence-corrected chi connectivity index (χ1v) is 1.97. The molecule has 1 unspecified atom stereocenters. The van der Waals surface area contributed by atoms with Gasteiger partial charge in [0.1, 0.15) is 6.10 Å². The molecule has 0 bridgehead atoms. The largest absolute Gasteiger partial charge is 0.368 e. The summed E-state index contributed by atoms with van der Waals surface area (Å²) in [6.45, 7) is 0.851. The molecule has 1 atom stereocenters. The lowest BCUT2D eigenvalue weighted by molar-refractivity contribution is 0.453. The molecule has 1 heterocycles. The standard InChI is InChI=1S/C3H4OS/c5-2-3-1-4-3/h2-3H,1H2. The van der Waals surface area contributed by atoms with Crippen LogP contribution in [0.3, 0.4) is 0 Å². The first-order chi connectivity index (χ1) is 2.43. The fraction of sp³-hybridized carbons (Fsp3) is 0.667. The minimum atomic E-state index is 0.324.